The van der Waals surface area contributed by atoms with Gasteiger partial charge in [0.05, 0.1) is 6.10 Å². The predicted molar refractivity (Wildman–Crippen MR) is 108 cm³/mol. The summed E-state index contributed by atoms with van der Waals surface area (Å²) in [6, 6.07) is 0. The van der Waals surface area contributed by atoms with Gasteiger partial charge in [-0.1, -0.05) is 34.6 Å². The van der Waals surface area contributed by atoms with E-state index in [4.69, 9.17) is 9.73 Å². The largest absolute Gasteiger partial charge is 0.377 e. The van der Waals surface area contributed by atoms with Crippen molar-refractivity contribution in [3.05, 3.63) is 0 Å². The van der Waals surface area contributed by atoms with Crippen LogP contribution in [0.4, 0.5) is 0 Å². The monoisotopic (exact) mass is 354 g/mol. The van der Waals surface area contributed by atoms with Crippen LogP contribution < -0.4 is 10.6 Å². The second-order valence-electron chi connectivity index (χ2n) is 9.54. The van der Waals surface area contributed by atoms with Gasteiger partial charge in [0.1, 0.15) is 0 Å². The molecule has 0 aromatic rings. The van der Waals surface area contributed by atoms with Crippen molar-refractivity contribution in [2.24, 2.45) is 21.7 Å². The van der Waals surface area contributed by atoms with E-state index in [0.717, 1.165) is 45.2 Å². The quantitative estimate of drug-likeness (QED) is 0.545. The molecule has 0 aromatic carbocycles. The number of hydrogen-bond donors (Lipinski definition) is 2. The fourth-order valence-corrected chi connectivity index (χ4v) is 3.78. The zero-order valence-corrected chi connectivity index (χ0v) is 17.9. The third-order valence-electron chi connectivity index (χ3n) is 4.58. The first-order valence-electron chi connectivity index (χ1n) is 9.83. The summed E-state index contributed by atoms with van der Waals surface area (Å²) < 4.78 is 6.10. The van der Waals surface area contributed by atoms with E-state index in [1.54, 1.807) is 0 Å². The number of hydrogen-bond acceptors (Lipinski definition) is 3. The molecule has 2 unspecified atom stereocenters. The molecule has 0 aliphatic carbocycles. The molecule has 0 amide bonds. The van der Waals surface area contributed by atoms with Crippen LogP contribution in [-0.4, -0.2) is 63.8 Å². The molecule has 1 rings (SSSR count). The second kappa shape index (κ2) is 9.77. The van der Waals surface area contributed by atoms with Crippen LogP contribution >= 0.6 is 0 Å². The SMILES string of the molecule is CCNC(=NCC(C)(C)CN(C)C)NCC1CCCOC1C(C)(C)C. The fraction of sp³-hybridized carbons (Fsp3) is 0.950. The van der Waals surface area contributed by atoms with Gasteiger partial charge in [0.25, 0.3) is 0 Å². The minimum Gasteiger partial charge on any atom is -0.377 e. The van der Waals surface area contributed by atoms with Crippen molar-refractivity contribution < 1.29 is 4.74 Å². The van der Waals surface area contributed by atoms with Crippen molar-refractivity contribution in [3.8, 4) is 0 Å². The van der Waals surface area contributed by atoms with Crippen LogP contribution in [0.1, 0.15) is 54.4 Å². The smallest absolute Gasteiger partial charge is 0.191 e. The van der Waals surface area contributed by atoms with Crippen molar-refractivity contribution in [1.29, 1.82) is 0 Å². The van der Waals surface area contributed by atoms with Crippen molar-refractivity contribution in [1.82, 2.24) is 15.5 Å². The highest BCUT2D eigenvalue weighted by Gasteiger charge is 2.35. The number of ether oxygens (including phenoxy) is 1. The van der Waals surface area contributed by atoms with E-state index in [-0.39, 0.29) is 10.8 Å². The van der Waals surface area contributed by atoms with Gasteiger partial charge in [0, 0.05) is 38.7 Å². The number of rotatable bonds is 7. The first-order valence-corrected chi connectivity index (χ1v) is 9.83. The van der Waals surface area contributed by atoms with E-state index in [1.165, 1.54) is 6.42 Å². The number of aliphatic imine (C=N–C) groups is 1. The maximum Gasteiger partial charge on any atom is 0.191 e. The Hall–Kier alpha value is -0.810. The maximum absolute atomic E-state index is 6.10. The number of nitrogens with zero attached hydrogens (tertiary/aromatic N) is 2. The summed E-state index contributed by atoms with van der Waals surface area (Å²) in [4.78, 5) is 7.06. The summed E-state index contributed by atoms with van der Waals surface area (Å²) in [5.41, 5.74) is 0.337. The van der Waals surface area contributed by atoms with Gasteiger partial charge in [-0.25, -0.2) is 0 Å². The highest BCUT2D eigenvalue weighted by molar-refractivity contribution is 5.79. The minimum atomic E-state index is 0.160. The third-order valence-corrected chi connectivity index (χ3v) is 4.58. The molecule has 1 fully saturated rings. The van der Waals surface area contributed by atoms with E-state index in [1.807, 2.05) is 0 Å². The number of nitrogens with one attached hydrogen (secondary N) is 2. The minimum absolute atomic E-state index is 0.160. The molecule has 1 aliphatic rings. The standard InChI is InChI=1S/C20H42N4O/c1-9-21-18(23-14-20(5,6)15-24(7)8)22-13-16-11-10-12-25-17(16)19(2,3)4/h16-17H,9-15H2,1-8H3,(H2,21,22,23). The molecule has 0 radical (unpaired) electrons. The van der Waals surface area contributed by atoms with E-state index in [9.17, 15) is 0 Å². The Balaban J connectivity index is 2.66. The lowest BCUT2D eigenvalue weighted by molar-refractivity contribution is -0.0835. The van der Waals surface area contributed by atoms with Gasteiger partial charge in [0.15, 0.2) is 5.96 Å². The van der Waals surface area contributed by atoms with Gasteiger partial charge >= 0.3 is 0 Å². The molecule has 0 bridgehead atoms. The van der Waals surface area contributed by atoms with Gasteiger partial charge in [-0.05, 0) is 44.7 Å². The topological polar surface area (TPSA) is 48.9 Å². The zero-order valence-electron chi connectivity index (χ0n) is 17.9. The zero-order chi connectivity index (χ0) is 19.1. The highest BCUT2D eigenvalue weighted by atomic mass is 16.5. The van der Waals surface area contributed by atoms with Crippen LogP contribution in [0, 0.1) is 16.7 Å². The second-order valence-corrected chi connectivity index (χ2v) is 9.54. The summed E-state index contributed by atoms with van der Waals surface area (Å²) >= 11 is 0. The molecule has 0 saturated carbocycles. The van der Waals surface area contributed by atoms with Crippen LogP contribution in [0.25, 0.3) is 0 Å². The lowest BCUT2D eigenvalue weighted by Crippen LogP contribution is -2.47. The van der Waals surface area contributed by atoms with Crippen molar-refractivity contribution in [2.75, 3.05) is 46.9 Å². The van der Waals surface area contributed by atoms with Crippen LogP contribution in [0.5, 0.6) is 0 Å². The Morgan fingerprint density at radius 2 is 1.84 bits per heavy atom. The lowest BCUT2D eigenvalue weighted by Gasteiger charge is -2.40. The highest BCUT2D eigenvalue weighted by Crippen LogP contribution is 2.33. The Morgan fingerprint density at radius 1 is 1.16 bits per heavy atom. The molecule has 148 valence electrons. The van der Waals surface area contributed by atoms with Crippen LogP contribution in [0.3, 0.4) is 0 Å². The molecule has 0 spiro atoms. The molecule has 5 nitrogen and oxygen atoms in total. The third kappa shape index (κ3) is 8.41. The lowest BCUT2D eigenvalue weighted by atomic mass is 9.78. The molecule has 25 heavy (non-hydrogen) atoms. The summed E-state index contributed by atoms with van der Waals surface area (Å²) in [5, 5.41) is 6.95. The Bertz CT molecular complexity index is 412. The maximum atomic E-state index is 6.10. The van der Waals surface area contributed by atoms with Gasteiger partial charge in [-0.2, -0.15) is 0 Å². The van der Waals surface area contributed by atoms with Gasteiger partial charge < -0.3 is 20.3 Å². The van der Waals surface area contributed by atoms with Crippen molar-refractivity contribution in [2.45, 2.75) is 60.5 Å². The first-order chi connectivity index (χ1) is 11.5. The molecule has 1 saturated heterocycles. The van der Waals surface area contributed by atoms with Crippen LogP contribution in [0.15, 0.2) is 4.99 Å². The van der Waals surface area contributed by atoms with Crippen LogP contribution in [0.2, 0.25) is 0 Å². The van der Waals surface area contributed by atoms with Crippen molar-refractivity contribution in [3.63, 3.8) is 0 Å². The first kappa shape index (κ1) is 22.2. The van der Waals surface area contributed by atoms with Crippen molar-refractivity contribution >= 4 is 5.96 Å². The normalized spacial score (nSPS) is 23.0. The van der Waals surface area contributed by atoms with E-state index in [0.29, 0.717) is 12.0 Å². The summed E-state index contributed by atoms with van der Waals surface area (Å²) in [6.45, 7) is 18.0. The summed E-state index contributed by atoms with van der Waals surface area (Å²) in [7, 11) is 4.23. The molecule has 2 N–H and O–H groups in total. The average molecular weight is 355 g/mol. The molecule has 0 aromatic heterocycles. The van der Waals surface area contributed by atoms with E-state index in [2.05, 4.69) is 71.2 Å². The van der Waals surface area contributed by atoms with E-state index >= 15 is 0 Å². The van der Waals surface area contributed by atoms with Gasteiger partial charge in [-0.3, -0.25) is 4.99 Å². The molecule has 5 heteroatoms. The Kier molecular flexibility index (Phi) is 8.69. The molecule has 2 atom stereocenters. The van der Waals surface area contributed by atoms with Crippen LogP contribution in [-0.2, 0) is 4.74 Å². The van der Waals surface area contributed by atoms with Gasteiger partial charge in [-0.15, -0.1) is 0 Å². The fourth-order valence-electron chi connectivity index (χ4n) is 3.78. The Morgan fingerprint density at radius 3 is 2.40 bits per heavy atom. The number of guanidine groups is 1. The average Bonchev–Trinajstić information content (AvgIpc) is 2.48. The molecule has 1 heterocycles. The Labute approximate surface area is 156 Å². The molecular weight excluding hydrogens is 312 g/mol. The van der Waals surface area contributed by atoms with Gasteiger partial charge in [0.2, 0.25) is 0 Å². The summed E-state index contributed by atoms with van der Waals surface area (Å²) in [5.74, 6) is 1.46. The molecule has 1 aliphatic heterocycles. The van der Waals surface area contributed by atoms with E-state index < -0.39 is 0 Å². The molecular formula is C20H42N4O. The predicted octanol–water partition coefficient (Wildman–Crippen LogP) is 2.97. The summed E-state index contributed by atoms with van der Waals surface area (Å²) in [6.07, 6.45) is 2.69.